The number of hydrogen-bond acceptors (Lipinski definition) is 5. The fourth-order valence-corrected chi connectivity index (χ4v) is 3.71. The largest absolute Gasteiger partial charge is 0.377 e. The molecule has 2 aromatic rings. The van der Waals surface area contributed by atoms with Crippen LogP contribution in [-0.4, -0.2) is 65.9 Å². The topological polar surface area (TPSA) is 81.4 Å². The lowest BCUT2D eigenvalue weighted by Crippen LogP contribution is -2.57. The van der Waals surface area contributed by atoms with Gasteiger partial charge in [0.2, 0.25) is 5.91 Å². The number of benzene rings is 1. The van der Waals surface area contributed by atoms with Gasteiger partial charge in [-0.15, -0.1) is 11.6 Å². The number of likely N-dealkylation sites (tertiary alicyclic amines) is 1. The lowest BCUT2D eigenvalue weighted by molar-refractivity contribution is -0.132. The maximum absolute atomic E-state index is 14.7. The highest BCUT2D eigenvalue weighted by atomic mass is 35.5. The zero-order chi connectivity index (χ0) is 21.1. The number of aromatic nitrogens is 1. The molecule has 29 heavy (non-hydrogen) atoms. The van der Waals surface area contributed by atoms with Crippen molar-refractivity contribution in [1.82, 2.24) is 14.4 Å². The quantitative estimate of drug-likeness (QED) is 0.692. The average Bonchev–Trinajstić information content (AvgIpc) is 2.65. The molecule has 1 aromatic heterocycles. The first kappa shape index (κ1) is 21.1. The molecule has 0 radical (unpaired) electrons. The Kier molecular flexibility index (Phi) is 6.40. The molecule has 1 aliphatic rings. The SMILES string of the molecule is CN(C)CCCn1c(=O)c(C#N)c(NC2CN(C(=O)CCl)C2)c2cccc(F)c21. The molecular formula is C20H23ClFN5O2. The number of halogens is 2. The van der Waals surface area contributed by atoms with E-state index in [9.17, 15) is 19.2 Å². The first-order valence-electron chi connectivity index (χ1n) is 9.37. The van der Waals surface area contributed by atoms with Crippen LogP contribution in [0.5, 0.6) is 0 Å². The van der Waals surface area contributed by atoms with E-state index in [-0.39, 0.29) is 28.9 Å². The Morgan fingerprint density at radius 3 is 2.76 bits per heavy atom. The molecule has 1 saturated heterocycles. The summed E-state index contributed by atoms with van der Waals surface area (Å²) in [5.74, 6) is -0.769. The van der Waals surface area contributed by atoms with E-state index in [1.54, 1.807) is 17.0 Å². The Hall–Kier alpha value is -2.63. The molecule has 0 bridgehead atoms. The molecule has 0 unspecified atom stereocenters. The number of para-hydroxylation sites is 1. The number of aryl methyl sites for hydroxylation is 1. The molecule has 1 amide bonds. The van der Waals surface area contributed by atoms with Gasteiger partial charge in [0.1, 0.15) is 23.3 Å². The number of amides is 1. The highest BCUT2D eigenvalue weighted by Crippen LogP contribution is 2.29. The summed E-state index contributed by atoms with van der Waals surface area (Å²) in [4.78, 5) is 28.2. The second-order valence-electron chi connectivity index (χ2n) is 7.39. The number of hydrogen-bond donors (Lipinski definition) is 1. The van der Waals surface area contributed by atoms with Gasteiger partial charge in [0, 0.05) is 25.0 Å². The van der Waals surface area contributed by atoms with Gasteiger partial charge in [0.05, 0.1) is 17.2 Å². The van der Waals surface area contributed by atoms with Crippen molar-refractivity contribution in [2.24, 2.45) is 0 Å². The third-order valence-electron chi connectivity index (χ3n) is 5.03. The summed E-state index contributed by atoms with van der Waals surface area (Å²) in [6, 6.07) is 6.42. The van der Waals surface area contributed by atoms with Crippen LogP contribution in [0.4, 0.5) is 10.1 Å². The second-order valence-corrected chi connectivity index (χ2v) is 7.65. The van der Waals surface area contributed by atoms with E-state index >= 15 is 0 Å². The molecule has 0 atom stereocenters. The number of carbonyl (C=O) groups is 1. The number of carbonyl (C=O) groups excluding carboxylic acids is 1. The van der Waals surface area contributed by atoms with Crippen molar-refractivity contribution in [3.63, 3.8) is 0 Å². The van der Waals surface area contributed by atoms with Crippen molar-refractivity contribution in [2.45, 2.75) is 19.0 Å². The number of nitrogens with zero attached hydrogens (tertiary/aromatic N) is 4. The molecule has 3 rings (SSSR count). The maximum atomic E-state index is 14.7. The monoisotopic (exact) mass is 419 g/mol. The van der Waals surface area contributed by atoms with Crippen LogP contribution in [0.1, 0.15) is 12.0 Å². The molecule has 1 aromatic carbocycles. The van der Waals surface area contributed by atoms with Crippen LogP contribution in [0.25, 0.3) is 10.9 Å². The summed E-state index contributed by atoms with van der Waals surface area (Å²) in [6.07, 6.45) is 0.645. The molecule has 0 spiro atoms. The Labute approximate surface area is 173 Å². The summed E-state index contributed by atoms with van der Waals surface area (Å²) in [7, 11) is 3.85. The molecule has 154 valence electrons. The van der Waals surface area contributed by atoms with Crippen molar-refractivity contribution >= 4 is 34.1 Å². The van der Waals surface area contributed by atoms with E-state index in [2.05, 4.69) is 5.32 Å². The number of nitriles is 1. The Morgan fingerprint density at radius 2 is 2.14 bits per heavy atom. The summed E-state index contributed by atoms with van der Waals surface area (Å²) >= 11 is 5.57. The van der Waals surface area contributed by atoms with Crippen molar-refractivity contribution in [3.05, 3.63) is 39.9 Å². The van der Waals surface area contributed by atoms with Gasteiger partial charge in [0.15, 0.2) is 0 Å². The van der Waals surface area contributed by atoms with Crippen LogP contribution < -0.4 is 10.9 Å². The fourth-order valence-electron chi connectivity index (χ4n) is 3.54. The fraction of sp³-hybridized carbons (Fsp3) is 0.450. The number of anilines is 1. The maximum Gasteiger partial charge on any atom is 0.271 e. The molecule has 1 aliphatic heterocycles. The van der Waals surface area contributed by atoms with E-state index in [0.717, 1.165) is 6.54 Å². The summed E-state index contributed by atoms with van der Waals surface area (Å²) < 4.78 is 16.1. The predicted molar refractivity (Wildman–Crippen MR) is 111 cm³/mol. The minimum absolute atomic E-state index is 0.0462. The van der Waals surface area contributed by atoms with E-state index < -0.39 is 11.4 Å². The molecule has 2 heterocycles. The van der Waals surface area contributed by atoms with Crippen molar-refractivity contribution in [3.8, 4) is 6.07 Å². The molecule has 1 fully saturated rings. The molecule has 1 N–H and O–H groups in total. The number of nitrogens with one attached hydrogen (secondary N) is 1. The van der Waals surface area contributed by atoms with Gasteiger partial charge in [-0.3, -0.25) is 9.59 Å². The average molecular weight is 420 g/mol. The van der Waals surface area contributed by atoms with E-state index in [1.807, 2.05) is 25.1 Å². The Bertz CT molecular complexity index is 1020. The minimum Gasteiger partial charge on any atom is -0.377 e. The molecule has 9 heteroatoms. The summed E-state index contributed by atoms with van der Waals surface area (Å²) in [5, 5.41) is 13.3. The highest BCUT2D eigenvalue weighted by molar-refractivity contribution is 6.27. The summed E-state index contributed by atoms with van der Waals surface area (Å²) in [6.45, 7) is 1.87. The van der Waals surface area contributed by atoms with Gasteiger partial charge < -0.3 is 19.7 Å². The van der Waals surface area contributed by atoms with E-state index in [4.69, 9.17) is 11.6 Å². The van der Waals surface area contributed by atoms with Crippen LogP contribution in [0.3, 0.4) is 0 Å². The zero-order valence-electron chi connectivity index (χ0n) is 16.4. The van der Waals surface area contributed by atoms with Gasteiger partial charge in [-0.05, 0) is 33.1 Å². The summed E-state index contributed by atoms with van der Waals surface area (Å²) in [5.41, 5.74) is -0.0564. The number of pyridine rings is 1. The normalized spacial score (nSPS) is 14.1. The standard InChI is InChI=1S/C20H23ClFN5O2/c1-25(2)7-4-8-27-19-14(5-3-6-16(19)22)18(15(10-23)20(27)29)24-13-11-26(12-13)17(28)9-21/h3,5-6,13,24H,4,7-9,11-12H2,1-2H3. The number of alkyl halides is 1. The minimum atomic E-state index is -0.514. The third kappa shape index (κ3) is 4.21. The van der Waals surface area contributed by atoms with E-state index in [1.165, 1.54) is 10.6 Å². The van der Waals surface area contributed by atoms with Crippen molar-refractivity contribution in [1.29, 1.82) is 5.26 Å². The predicted octanol–water partition coefficient (Wildman–Crippen LogP) is 1.83. The zero-order valence-corrected chi connectivity index (χ0v) is 17.2. The van der Waals surface area contributed by atoms with Crippen molar-refractivity contribution < 1.29 is 9.18 Å². The van der Waals surface area contributed by atoms with Crippen LogP contribution in [0.2, 0.25) is 0 Å². The molecule has 0 saturated carbocycles. The second kappa shape index (κ2) is 8.80. The van der Waals surface area contributed by atoms with Gasteiger partial charge in [-0.2, -0.15) is 5.26 Å². The smallest absolute Gasteiger partial charge is 0.271 e. The lowest BCUT2D eigenvalue weighted by atomic mass is 10.0. The van der Waals surface area contributed by atoms with Crippen LogP contribution in [0, 0.1) is 17.1 Å². The van der Waals surface area contributed by atoms with Gasteiger partial charge >= 0.3 is 0 Å². The Balaban J connectivity index is 2.00. The molecule has 7 nitrogen and oxygen atoms in total. The first-order chi connectivity index (χ1) is 13.9. The lowest BCUT2D eigenvalue weighted by Gasteiger charge is -2.40. The van der Waals surface area contributed by atoms with Crippen LogP contribution in [-0.2, 0) is 11.3 Å². The third-order valence-corrected chi connectivity index (χ3v) is 5.26. The molecule has 0 aliphatic carbocycles. The van der Waals surface area contributed by atoms with Gasteiger partial charge in [0.25, 0.3) is 5.56 Å². The van der Waals surface area contributed by atoms with Crippen molar-refractivity contribution in [2.75, 3.05) is 44.9 Å². The van der Waals surface area contributed by atoms with Gasteiger partial charge in [-0.25, -0.2) is 4.39 Å². The van der Waals surface area contributed by atoms with E-state index in [0.29, 0.717) is 37.1 Å². The first-order valence-corrected chi connectivity index (χ1v) is 9.91. The molecular weight excluding hydrogens is 397 g/mol. The van der Waals surface area contributed by atoms with Gasteiger partial charge in [-0.1, -0.05) is 12.1 Å². The highest BCUT2D eigenvalue weighted by Gasteiger charge is 2.31. The van der Waals surface area contributed by atoms with Crippen LogP contribution in [0.15, 0.2) is 23.0 Å². The Morgan fingerprint density at radius 1 is 1.41 bits per heavy atom. The van der Waals surface area contributed by atoms with Crippen LogP contribution >= 0.6 is 11.6 Å². The number of rotatable bonds is 7. The number of fused-ring (bicyclic) bond motifs is 1.